The first-order valence-corrected chi connectivity index (χ1v) is 4.65. The van der Waals surface area contributed by atoms with Gasteiger partial charge < -0.3 is 0 Å². The molecule has 1 saturated heterocycles. The molecule has 0 saturated carbocycles. The SMILES string of the molecule is C=C(C)C(CC)N1CCCC1. The van der Waals surface area contributed by atoms with Gasteiger partial charge in [0.1, 0.15) is 0 Å². The predicted molar refractivity (Wildman–Crippen MR) is 49.7 cm³/mol. The Labute approximate surface area is 70.1 Å². The van der Waals surface area contributed by atoms with E-state index in [1.807, 2.05) is 0 Å². The minimum atomic E-state index is 0.650. The van der Waals surface area contributed by atoms with Crippen LogP contribution in [0, 0.1) is 0 Å². The first-order valence-electron chi connectivity index (χ1n) is 4.65. The molecular weight excluding hydrogens is 134 g/mol. The van der Waals surface area contributed by atoms with Crippen LogP contribution >= 0.6 is 0 Å². The van der Waals surface area contributed by atoms with Crippen LogP contribution in [0.2, 0.25) is 0 Å². The molecule has 1 unspecified atom stereocenters. The molecule has 64 valence electrons. The zero-order valence-electron chi connectivity index (χ0n) is 7.77. The third-order valence-corrected chi connectivity index (χ3v) is 2.54. The lowest BCUT2D eigenvalue weighted by molar-refractivity contribution is 0.267. The topological polar surface area (TPSA) is 3.24 Å². The van der Waals surface area contributed by atoms with Crippen LogP contribution in [0.3, 0.4) is 0 Å². The summed E-state index contributed by atoms with van der Waals surface area (Å²) in [5.74, 6) is 0. The van der Waals surface area contributed by atoms with Gasteiger partial charge in [0.2, 0.25) is 0 Å². The van der Waals surface area contributed by atoms with E-state index in [0.717, 1.165) is 0 Å². The fourth-order valence-corrected chi connectivity index (χ4v) is 1.97. The second-order valence-corrected chi connectivity index (χ2v) is 3.51. The normalized spacial score (nSPS) is 22.0. The summed E-state index contributed by atoms with van der Waals surface area (Å²) >= 11 is 0. The predicted octanol–water partition coefficient (Wildman–Crippen LogP) is 2.44. The third-order valence-electron chi connectivity index (χ3n) is 2.54. The Hall–Kier alpha value is -0.300. The minimum Gasteiger partial charge on any atom is -0.297 e. The van der Waals surface area contributed by atoms with Crippen LogP contribution in [-0.4, -0.2) is 24.0 Å². The highest BCUT2D eigenvalue weighted by Crippen LogP contribution is 2.18. The van der Waals surface area contributed by atoms with E-state index >= 15 is 0 Å². The quantitative estimate of drug-likeness (QED) is 0.563. The fourth-order valence-electron chi connectivity index (χ4n) is 1.97. The molecule has 1 aliphatic rings. The molecule has 0 amide bonds. The smallest absolute Gasteiger partial charge is 0.0299 e. The van der Waals surface area contributed by atoms with Crippen LogP contribution in [0.4, 0.5) is 0 Å². The van der Waals surface area contributed by atoms with Gasteiger partial charge in [0.25, 0.3) is 0 Å². The lowest BCUT2D eigenvalue weighted by Crippen LogP contribution is -2.32. The van der Waals surface area contributed by atoms with Crippen LogP contribution in [0.15, 0.2) is 12.2 Å². The van der Waals surface area contributed by atoms with Crippen LogP contribution < -0.4 is 0 Å². The van der Waals surface area contributed by atoms with Crippen LogP contribution in [0.25, 0.3) is 0 Å². The summed E-state index contributed by atoms with van der Waals surface area (Å²) in [7, 11) is 0. The maximum absolute atomic E-state index is 4.03. The average molecular weight is 153 g/mol. The van der Waals surface area contributed by atoms with Crippen LogP contribution in [0.1, 0.15) is 33.1 Å². The molecule has 11 heavy (non-hydrogen) atoms. The average Bonchev–Trinajstić information content (AvgIpc) is 2.40. The summed E-state index contributed by atoms with van der Waals surface area (Å²) in [5, 5.41) is 0. The summed E-state index contributed by atoms with van der Waals surface area (Å²) in [6, 6.07) is 0.650. The van der Waals surface area contributed by atoms with Gasteiger partial charge in [-0.25, -0.2) is 0 Å². The largest absolute Gasteiger partial charge is 0.297 e. The Morgan fingerprint density at radius 2 is 2.00 bits per heavy atom. The van der Waals surface area contributed by atoms with Crippen LogP contribution in [-0.2, 0) is 0 Å². The van der Waals surface area contributed by atoms with Crippen molar-refractivity contribution in [3.8, 4) is 0 Å². The molecule has 1 atom stereocenters. The Balaban J connectivity index is 2.46. The molecule has 0 aromatic heterocycles. The highest BCUT2D eigenvalue weighted by atomic mass is 15.2. The summed E-state index contributed by atoms with van der Waals surface area (Å²) in [4.78, 5) is 2.56. The van der Waals surface area contributed by atoms with E-state index in [1.165, 1.54) is 37.9 Å². The molecule has 1 heterocycles. The molecule has 1 aliphatic heterocycles. The van der Waals surface area contributed by atoms with Crippen molar-refractivity contribution in [3.05, 3.63) is 12.2 Å². The summed E-state index contributed by atoms with van der Waals surface area (Å²) in [5.41, 5.74) is 1.33. The molecule has 0 aromatic carbocycles. The van der Waals surface area contributed by atoms with E-state index in [4.69, 9.17) is 0 Å². The van der Waals surface area contributed by atoms with Gasteiger partial charge in [0.15, 0.2) is 0 Å². The van der Waals surface area contributed by atoms with E-state index in [2.05, 4.69) is 25.3 Å². The molecule has 1 heteroatoms. The van der Waals surface area contributed by atoms with Gasteiger partial charge in [0.05, 0.1) is 0 Å². The Morgan fingerprint density at radius 1 is 1.45 bits per heavy atom. The second-order valence-electron chi connectivity index (χ2n) is 3.51. The fraction of sp³-hybridized carbons (Fsp3) is 0.800. The van der Waals surface area contributed by atoms with Gasteiger partial charge in [-0.2, -0.15) is 0 Å². The lowest BCUT2D eigenvalue weighted by atomic mass is 10.1. The van der Waals surface area contributed by atoms with E-state index in [9.17, 15) is 0 Å². The van der Waals surface area contributed by atoms with E-state index in [0.29, 0.717) is 6.04 Å². The number of likely N-dealkylation sites (tertiary alicyclic amines) is 1. The Morgan fingerprint density at radius 3 is 2.36 bits per heavy atom. The maximum atomic E-state index is 4.03. The molecular formula is C10H19N. The van der Waals surface area contributed by atoms with E-state index < -0.39 is 0 Å². The van der Waals surface area contributed by atoms with Crippen molar-refractivity contribution in [2.24, 2.45) is 0 Å². The van der Waals surface area contributed by atoms with Crippen LogP contribution in [0.5, 0.6) is 0 Å². The van der Waals surface area contributed by atoms with Crippen molar-refractivity contribution >= 4 is 0 Å². The van der Waals surface area contributed by atoms with Crippen molar-refractivity contribution in [2.45, 2.75) is 39.2 Å². The highest BCUT2D eigenvalue weighted by Gasteiger charge is 2.20. The minimum absolute atomic E-state index is 0.650. The van der Waals surface area contributed by atoms with Crippen molar-refractivity contribution in [1.29, 1.82) is 0 Å². The Kier molecular flexibility index (Phi) is 3.13. The first kappa shape index (κ1) is 8.79. The number of nitrogens with zero attached hydrogens (tertiary/aromatic N) is 1. The number of rotatable bonds is 3. The molecule has 1 rings (SSSR count). The third kappa shape index (κ3) is 2.06. The monoisotopic (exact) mass is 153 g/mol. The van der Waals surface area contributed by atoms with Gasteiger partial charge in [0, 0.05) is 6.04 Å². The molecule has 0 spiro atoms. The summed E-state index contributed by atoms with van der Waals surface area (Å²) < 4.78 is 0. The van der Waals surface area contributed by atoms with Gasteiger partial charge in [-0.15, -0.1) is 0 Å². The van der Waals surface area contributed by atoms with Crippen molar-refractivity contribution < 1.29 is 0 Å². The molecule has 0 N–H and O–H groups in total. The van der Waals surface area contributed by atoms with E-state index in [1.54, 1.807) is 0 Å². The van der Waals surface area contributed by atoms with Crippen molar-refractivity contribution in [2.75, 3.05) is 13.1 Å². The molecule has 1 nitrogen and oxygen atoms in total. The van der Waals surface area contributed by atoms with Crippen molar-refractivity contribution in [3.63, 3.8) is 0 Å². The Bertz CT molecular complexity index is 134. The van der Waals surface area contributed by atoms with Gasteiger partial charge in [-0.3, -0.25) is 4.90 Å². The van der Waals surface area contributed by atoms with Gasteiger partial charge in [-0.1, -0.05) is 19.1 Å². The number of hydrogen-bond acceptors (Lipinski definition) is 1. The van der Waals surface area contributed by atoms with E-state index in [-0.39, 0.29) is 0 Å². The number of hydrogen-bond donors (Lipinski definition) is 0. The summed E-state index contributed by atoms with van der Waals surface area (Å²) in [6.45, 7) is 11.0. The molecule has 0 bridgehead atoms. The molecule has 1 fully saturated rings. The lowest BCUT2D eigenvalue weighted by Gasteiger charge is -2.26. The zero-order chi connectivity index (χ0) is 8.27. The van der Waals surface area contributed by atoms with Gasteiger partial charge >= 0.3 is 0 Å². The second kappa shape index (κ2) is 3.91. The maximum Gasteiger partial charge on any atom is 0.0299 e. The summed E-state index contributed by atoms with van der Waals surface area (Å²) in [6.07, 6.45) is 3.98. The molecule has 0 aliphatic carbocycles. The van der Waals surface area contributed by atoms with Crippen molar-refractivity contribution in [1.82, 2.24) is 4.90 Å². The zero-order valence-corrected chi connectivity index (χ0v) is 7.77. The highest BCUT2D eigenvalue weighted by molar-refractivity contribution is 5.02. The molecule has 0 aromatic rings. The molecule has 0 radical (unpaired) electrons. The van der Waals surface area contributed by atoms with Gasteiger partial charge in [-0.05, 0) is 39.3 Å². The first-order chi connectivity index (χ1) is 5.25. The standard InChI is InChI=1S/C10H19N/c1-4-10(9(2)3)11-7-5-6-8-11/h10H,2,4-8H2,1,3H3.